The zero-order chi connectivity index (χ0) is 19.5. The van der Waals surface area contributed by atoms with Gasteiger partial charge in [0.25, 0.3) is 5.91 Å². The molecule has 0 spiro atoms. The molecule has 3 heterocycles. The Morgan fingerprint density at radius 2 is 2.04 bits per heavy atom. The quantitative estimate of drug-likeness (QED) is 0.877. The van der Waals surface area contributed by atoms with Gasteiger partial charge >= 0.3 is 6.03 Å². The molecule has 2 aliphatic rings. The normalized spacial score (nSPS) is 21.9. The number of alkyl halides is 1. The van der Waals surface area contributed by atoms with Crippen molar-refractivity contribution < 1.29 is 14.0 Å². The molecule has 8 heteroatoms. The van der Waals surface area contributed by atoms with E-state index in [2.05, 4.69) is 10.4 Å². The molecule has 2 fully saturated rings. The molecule has 2 atom stereocenters. The Balaban J connectivity index is 1.44. The molecule has 0 saturated carbocycles. The first-order valence-corrected chi connectivity index (χ1v) is 9.70. The van der Waals surface area contributed by atoms with E-state index in [1.54, 1.807) is 40.2 Å². The smallest absolute Gasteiger partial charge is 0.317 e. The Kier molecular flexibility index (Phi) is 5.27. The molecule has 0 bridgehead atoms. The Labute approximate surface area is 163 Å². The van der Waals surface area contributed by atoms with Gasteiger partial charge in [-0.25, -0.2) is 13.9 Å². The van der Waals surface area contributed by atoms with Crippen molar-refractivity contribution in [1.82, 2.24) is 24.9 Å². The lowest BCUT2D eigenvalue weighted by atomic mass is 10.1. The number of likely N-dealkylation sites (tertiary alicyclic amines) is 2. The Hall–Kier alpha value is -2.90. The highest BCUT2D eigenvalue weighted by Gasteiger charge is 2.36. The average molecular weight is 385 g/mol. The van der Waals surface area contributed by atoms with Crippen LogP contribution in [0.15, 0.2) is 42.7 Å². The third-order valence-electron chi connectivity index (χ3n) is 5.37. The number of nitrogens with one attached hydrogen (secondary N) is 1. The SMILES string of the molecule is O=C(NCC1CC(F)CN1C(=O)c1cccc(-n2cccn2)c1)N1CCCC1. The topological polar surface area (TPSA) is 70.5 Å². The van der Waals surface area contributed by atoms with E-state index < -0.39 is 6.17 Å². The number of amides is 3. The maximum absolute atomic E-state index is 14.1. The highest BCUT2D eigenvalue weighted by Crippen LogP contribution is 2.23. The monoisotopic (exact) mass is 385 g/mol. The van der Waals surface area contributed by atoms with E-state index in [1.807, 2.05) is 12.1 Å². The van der Waals surface area contributed by atoms with Crippen molar-refractivity contribution in [3.63, 3.8) is 0 Å². The highest BCUT2D eigenvalue weighted by molar-refractivity contribution is 5.95. The fraction of sp³-hybridized carbons (Fsp3) is 0.450. The van der Waals surface area contributed by atoms with Crippen molar-refractivity contribution in [3.05, 3.63) is 48.3 Å². The van der Waals surface area contributed by atoms with E-state index in [0.29, 0.717) is 5.56 Å². The van der Waals surface area contributed by atoms with Crippen molar-refractivity contribution in [3.8, 4) is 5.69 Å². The van der Waals surface area contributed by atoms with Crippen LogP contribution in [-0.4, -0.2) is 69.9 Å². The van der Waals surface area contributed by atoms with Gasteiger partial charge in [-0.1, -0.05) is 6.07 Å². The fourth-order valence-corrected chi connectivity index (χ4v) is 3.91. The second-order valence-electron chi connectivity index (χ2n) is 7.33. The van der Waals surface area contributed by atoms with Gasteiger partial charge in [-0.2, -0.15) is 5.10 Å². The molecule has 1 N–H and O–H groups in total. The largest absolute Gasteiger partial charge is 0.336 e. The van der Waals surface area contributed by atoms with Crippen molar-refractivity contribution in [1.29, 1.82) is 0 Å². The van der Waals surface area contributed by atoms with Crippen LogP contribution in [0.5, 0.6) is 0 Å². The molecular weight excluding hydrogens is 361 g/mol. The van der Waals surface area contributed by atoms with Crippen LogP contribution in [0, 0.1) is 0 Å². The predicted octanol–water partition coefficient (Wildman–Crippen LogP) is 2.23. The van der Waals surface area contributed by atoms with Gasteiger partial charge in [-0.3, -0.25) is 4.79 Å². The van der Waals surface area contributed by atoms with Crippen LogP contribution in [-0.2, 0) is 0 Å². The molecule has 2 aromatic rings. The molecule has 2 unspecified atom stereocenters. The first kappa shape index (κ1) is 18.5. The third kappa shape index (κ3) is 3.85. The lowest BCUT2D eigenvalue weighted by Crippen LogP contribution is -2.46. The first-order chi connectivity index (χ1) is 13.6. The maximum atomic E-state index is 14.1. The summed E-state index contributed by atoms with van der Waals surface area (Å²) < 4.78 is 15.8. The minimum Gasteiger partial charge on any atom is -0.336 e. The molecule has 2 saturated heterocycles. The Bertz CT molecular complexity index is 835. The van der Waals surface area contributed by atoms with Gasteiger partial charge in [0.05, 0.1) is 18.3 Å². The molecule has 28 heavy (non-hydrogen) atoms. The van der Waals surface area contributed by atoms with Crippen molar-refractivity contribution >= 4 is 11.9 Å². The number of halogens is 1. The van der Waals surface area contributed by atoms with Crippen LogP contribution in [0.4, 0.5) is 9.18 Å². The van der Waals surface area contributed by atoms with E-state index in [-0.39, 0.29) is 37.5 Å². The lowest BCUT2D eigenvalue weighted by molar-refractivity contribution is 0.0728. The van der Waals surface area contributed by atoms with Crippen LogP contribution in [0.25, 0.3) is 5.69 Å². The number of nitrogens with zero attached hydrogens (tertiary/aromatic N) is 4. The van der Waals surface area contributed by atoms with Gasteiger partial charge < -0.3 is 15.1 Å². The Morgan fingerprint density at radius 1 is 1.21 bits per heavy atom. The summed E-state index contributed by atoms with van der Waals surface area (Å²) in [7, 11) is 0. The van der Waals surface area contributed by atoms with E-state index >= 15 is 0 Å². The van der Waals surface area contributed by atoms with Crippen LogP contribution in [0.2, 0.25) is 0 Å². The van der Waals surface area contributed by atoms with Crippen molar-refractivity contribution in [2.45, 2.75) is 31.5 Å². The summed E-state index contributed by atoms with van der Waals surface area (Å²) in [5, 5.41) is 7.05. The third-order valence-corrected chi connectivity index (χ3v) is 5.37. The van der Waals surface area contributed by atoms with Gasteiger partial charge in [0, 0.05) is 44.0 Å². The van der Waals surface area contributed by atoms with Gasteiger partial charge in [0.1, 0.15) is 6.17 Å². The molecule has 3 amide bonds. The summed E-state index contributed by atoms with van der Waals surface area (Å²) in [6.07, 6.45) is 4.66. The summed E-state index contributed by atoms with van der Waals surface area (Å²) in [5.41, 5.74) is 1.25. The maximum Gasteiger partial charge on any atom is 0.317 e. The van der Waals surface area contributed by atoms with Crippen LogP contribution in [0.1, 0.15) is 29.6 Å². The minimum atomic E-state index is -1.08. The number of carbonyl (C=O) groups excluding carboxylic acids is 2. The molecule has 1 aromatic carbocycles. The van der Waals surface area contributed by atoms with Crippen LogP contribution >= 0.6 is 0 Å². The zero-order valence-electron chi connectivity index (χ0n) is 15.6. The van der Waals surface area contributed by atoms with Crippen LogP contribution in [0.3, 0.4) is 0 Å². The summed E-state index contributed by atoms with van der Waals surface area (Å²) >= 11 is 0. The predicted molar refractivity (Wildman–Crippen MR) is 102 cm³/mol. The number of aromatic nitrogens is 2. The van der Waals surface area contributed by atoms with E-state index in [1.165, 1.54) is 4.90 Å². The second kappa shape index (κ2) is 8.00. The van der Waals surface area contributed by atoms with Crippen molar-refractivity contribution in [2.24, 2.45) is 0 Å². The standard InChI is InChI=1S/C20H24FN5O2/c21-16-12-18(13-22-20(28)24-8-1-2-9-24)25(14-16)19(27)15-5-3-6-17(11-15)26-10-4-7-23-26/h3-7,10-11,16,18H,1-2,8-9,12-14H2,(H,22,28). The first-order valence-electron chi connectivity index (χ1n) is 9.70. The van der Waals surface area contributed by atoms with E-state index in [0.717, 1.165) is 31.6 Å². The van der Waals surface area contributed by atoms with E-state index in [9.17, 15) is 14.0 Å². The summed E-state index contributed by atoms with van der Waals surface area (Å²) in [4.78, 5) is 28.6. The zero-order valence-corrected chi connectivity index (χ0v) is 15.6. The van der Waals surface area contributed by atoms with Crippen molar-refractivity contribution in [2.75, 3.05) is 26.2 Å². The Morgan fingerprint density at radius 3 is 2.79 bits per heavy atom. The van der Waals surface area contributed by atoms with E-state index in [4.69, 9.17) is 0 Å². The summed E-state index contributed by atoms with van der Waals surface area (Å²) in [6, 6.07) is 8.45. The summed E-state index contributed by atoms with van der Waals surface area (Å²) in [6.45, 7) is 1.83. The second-order valence-corrected chi connectivity index (χ2v) is 7.33. The van der Waals surface area contributed by atoms with Gasteiger partial charge in [0.2, 0.25) is 0 Å². The van der Waals surface area contributed by atoms with Gasteiger partial charge in [-0.05, 0) is 37.1 Å². The molecule has 4 rings (SSSR count). The number of urea groups is 1. The minimum absolute atomic E-state index is 0.0507. The fourth-order valence-electron chi connectivity index (χ4n) is 3.91. The number of benzene rings is 1. The molecular formula is C20H24FN5O2. The summed E-state index contributed by atoms with van der Waals surface area (Å²) in [5.74, 6) is -0.227. The van der Waals surface area contributed by atoms with Crippen LogP contribution < -0.4 is 5.32 Å². The molecule has 0 radical (unpaired) electrons. The number of hydrogen-bond donors (Lipinski definition) is 1. The number of hydrogen-bond acceptors (Lipinski definition) is 3. The lowest BCUT2D eigenvalue weighted by Gasteiger charge is -2.26. The molecule has 148 valence electrons. The van der Waals surface area contributed by atoms with Gasteiger partial charge in [0.15, 0.2) is 0 Å². The molecule has 0 aliphatic carbocycles. The molecule has 2 aliphatic heterocycles. The molecule has 7 nitrogen and oxygen atoms in total. The number of rotatable bonds is 4. The average Bonchev–Trinajstić information content (AvgIpc) is 3.47. The molecule has 1 aromatic heterocycles. The van der Waals surface area contributed by atoms with Gasteiger partial charge in [-0.15, -0.1) is 0 Å². The number of carbonyl (C=O) groups is 2. The highest BCUT2D eigenvalue weighted by atomic mass is 19.1.